The van der Waals surface area contributed by atoms with Crippen molar-refractivity contribution in [3.63, 3.8) is 0 Å². The lowest BCUT2D eigenvalue weighted by Gasteiger charge is -2.34. The fourth-order valence-electron chi connectivity index (χ4n) is 4.40. The van der Waals surface area contributed by atoms with Crippen LogP contribution in [0.3, 0.4) is 0 Å². The first kappa shape index (κ1) is 19.5. The predicted molar refractivity (Wildman–Crippen MR) is 109 cm³/mol. The number of hydrogen-bond acceptors (Lipinski definition) is 4. The molecule has 1 aliphatic carbocycles. The van der Waals surface area contributed by atoms with Gasteiger partial charge in [0.15, 0.2) is 0 Å². The van der Waals surface area contributed by atoms with E-state index in [2.05, 4.69) is 18.0 Å². The zero-order chi connectivity index (χ0) is 20.5. The number of benzene rings is 1. The van der Waals surface area contributed by atoms with Gasteiger partial charge in [-0.3, -0.25) is 9.59 Å². The van der Waals surface area contributed by atoms with Crippen molar-refractivity contribution in [1.82, 2.24) is 14.8 Å². The maximum absolute atomic E-state index is 13.2. The molecule has 2 aliphatic rings. The molecule has 0 saturated carbocycles. The van der Waals surface area contributed by atoms with Crippen molar-refractivity contribution in [1.29, 1.82) is 0 Å². The van der Waals surface area contributed by atoms with Crippen LogP contribution < -0.4 is 0 Å². The molecule has 7 heteroatoms. The van der Waals surface area contributed by atoms with Gasteiger partial charge in [-0.2, -0.15) is 0 Å². The topological polar surface area (TPSA) is 82.7 Å². The van der Waals surface area contributed by atoms with E-state index in [0.717, 1.165) is 23.7 Å². The highest BCUT2D eigenvalue weighted by Gasteiger charge is 2.30. The van der Waals surface area contributed by atoms with E-state index in [1.807, 2.05) is 12.1 Å². The molecule has 1 aliphatic heterocycles. The Morgan fingerprint density at radius 1 is 1.14 bits per heavy atom. The summed E-state index contributed by atoms with van der Waals surface area (Å²) in [6, 6.07) is 5.91. The van der Waals surface area contributed by atoms with Crippen LogP contribution in [0.1, 0.15) is 41.9 Å². The van der Waals surface area contributed by atoms with Crippen molar-refractivity contribution in [3.05, 3.63) is 35.0 Å². The number of H-pyrrole nitrogens is 1. The first-order chi connectivity index (χ1) is 14.0. The molecule has 1 saturated heterocycles. The number of nitrogens with one attached hydrogen (secondary N) is 1. The quantitative estimate of drug-likeness (QED) is 0.622. The van der Waals surface area contributed by atoms with Gasteiger partial charge in [0.2, 0.25) is 0 Å². The Labute approximate surface area is 170 Å². The molecule has 1 aromatic carbocycles. The third-order valence-electron chi connectivity index (χ3n) is 6.00. The van der Waals surface area contributed by atoms with E-state index < -0.39 is 11.9 Å². The second-order valence-electron chi connectivity index (χ2n) is 7.96. The van der Waals surface area contributed by atoms with Crippen LogP contribution in [0.15, 0.2) is 18.2 Å². The lowest BCUT2D eigenvalue weighted by atomic mass is 9.87. The van der Waals surface area contributed by atoms with Crippen molar-refractivity contribution in [2.75, 3.05) is 32.8 Å². The zero-order valence-electron chi connectivity index (χ0n) is 17.0. The lowest BCUT2D eigenvalue weighted by Crippen LogP contribution is -2.52. The first-order valence-electron chi connectivity index (χ1n) is 10.4. The molecular formula is C22H27N3O4. The molecule has 0 spiro atoms. The van der Waals surface area contributed by atoms with E-state index in [4.69, 9.17) is 4.74 Å². The molecule has 2 aromatic rings. The fourth-order valence-corrected chi connectivity index (χ4v) is 4.40. The number of hydrogen-bond donors (Lipinski definition) is 1. The van der Waals surface area contributed by atoms with E-state index in [-0.39, 0.29) is 12.5 Å². The summed E-state index contributed by atoms with van der Waals surface area (Å²) in [6.07, 6.45) is 3.23. The summed E-state index contributed by atoms with van der Waals surface area (Å²) >= 11 is 0. The molecule has 0 bridgehead atoms. The highest BCUT2D eigenvalue weighted by molar-refractivity contribution is 6.32. The van der Waals surface area contributed by atoms with Gasteiger partial charge in [-0.1, -0.05) is 19.1 Å². The van der Waals surface area contributed by atoms with Crippen LogP contribution in [0.5, 0.6) is 0 Å². The van der Waals surface area contributed by atoms with Crippen LogP contribution in [0.25, 0.3) is 10.9 Å². The van der Waals surface area contributed by atoms with Crippen molar-refractivity contribution in [2.45, 2.75) is 33.1 Å². The predicted octanol–water partition coefficient (Wildman–Crippen LogP) is 2.14. The highest BCUT2D eigenvalue weighted by atomic mass is 16.5. The third-order valence-corrected chi connectivity index (χ3v) is 6.00. The maximum atomic E-state index is 13.2. The minimum atomic E-state index is -0.830. The van der Waals surface area contributed by atoms with Crippen molar-refractivity contribution < 1.29 is 19.1 Å². The summed E-state index contributed by atoms with van der Waals surface area (Å²) in [6.45, 7) is 5.58. The lowest BCUT2D eigenvalue weighted by molar-refractivity contribution is -0.160. The van der Waals surface area contributed by atoms with Crippen LogP contribution in [-0.4, -0.2) is 65.4 Å². The number of aromatic nitrogens is 1. The molecule has 1 aromatic heterocycles. The standard InChI is InChI=1S/C22H27N3O4/c1-3-29-22(28)21(27)25-11-9-24(10-12-25)20(26)16-6-4-5-15-17-13-14(2)7-8-18(17)23-19(15)16/h4-6,14,23H,3,7-13H2,1-2H3. The van der Waals surface area contributed by atoms with E-state index in [0.29, 0.717) is 37.7 Å². The van der Waals surface area contributed by atoms with Gasteiger partial charge in [0, 0.05) is 37.3 Å². The van der Waals surface area contributed by atoms with Gasteiger partial charge in [-0.15, -0.1) is 0 Å². The summed E-state index contributed by atoms with van der Waals surface area (Å²) in [4.78, 5) is 43.7. The molecule has 2 heterocycles. The van der Waals surface area contributed by atoms with E-state index >= 15 is 0 Å². The summed E-state index contributed by atoms with van der Waals surface area (Å²) in [5.74, 6) is -0.841. The second-order valence-corrected chi connectivity index (χ2v) is 7.96. The molecule has 1 fully saturated rings. The van der Waals surface area contributed by atoms with Crippen LogP contribution >= 0.6 is 0 Å². The van der Waals surface area contributed by atoms with E-state index in [9.17, 15) is 14.4 Å². The largest absolute Gasteiger partial charge is 0.459 e. The Morgan fingerprint density at radius 3 is 2.59 bits per heavy atom. The van der Waals surface area contributed by atoms with Gasteiger partial charge in [0.05, 0.1) is 17.7 Å². The summed E-state index contributed by atoms with van der Waals surface area (Å²) in [7, 11) is 0. The number of carbonyl (C=O) groups is 3. The average molecular weight is 397 g/mol. The number of aryl methyl sites for hydroxylation is 1. The smallest absolute Gasteiger partial charge is 0.397 e. The monoisotopic (exact) mass is 397 g/mol. The number of carbonyl (C=O) groups excluding carboxylic acids is 3. The normalized spacial score (nSPS) is 19.2. The number of nitrogens with zero attached hydrogens (tertiary/aromatic N) is 2. The molecule has 29 heavy (non-hydrogen) atoms. The molecule has 7 nitrogen and oxygen atoms in total. The number of esters is 1. The average Bonchev–Trinajstić information content (AvgIpc) is 3.11. The van der Waals surface area contributed by atoms with Crippen LogP contribution in [0, 0.1) is 5.92 Å². The Hall–Kier alpha value is -2.83. The van der Waals surface area contributed by atoms with Gasteiger partial charge in [-0.05, 0) is 43.7 Å². The second kappa shape index (κ2) is 7.89. The summed E-state index contributed by atoms with van der Waals surface area (Å²) < 4.78 is 4.78. The number of piperazine rings is 1. The molecule has 0 radical (unpaired) electrons. The van der Waals surface area contributed by atoms with E-state index in [1.165, 1.54) is 22.6 Å². The minimum Gasteiger partial charge on any atom is -0.459 e. The Morgan fingerprint density at radius 2 is 1.86 bits per heavy atom. The molecule has 154 valence electrons. The van der Waals surface area contributed by atoms with Gasteiger partial charge in [0.1, 0.15) is 0 Å². The fraction of sp³-hybridized carbons (Fsp3) is 0.500. The minimum absolute atomic E-state index is 0.0366. The van der Waals surface area contributed by atoms with Gasteiger partial charge in [0.25, 0.3) is 5.91 Å². The maximum Gasteiger partial charge on any atom is 0.397 e. The molecule has 4 rings (SSSR count). The van der Waals surface area contributed by atoms with Crippen molar-refractivity contribution >= 4 is 28.7 Å². The first-order valence-corrected chi connectivity index (χ1v) is 10.4. The summed E-state index contributed by atoms with van der Waals surface area (Å²) in [5, 5.41) is 1.15. The SMILES string of the molecule is CCOC(=O)C(=O)N1CCN(C(=O)c2cccc3c4c([nH]c23)CCC(C)C4)CC1. The van der Waals surface area contributed by atoms with Gasteiger partial charge in [-0.25, -0.2) is 4.79 Å². The van der Waals surface area contributed by atoms with Gasteiger partial charge >= 0.3 is 11.9 Å². The van der Waals surface area contributed by atoms with Crippen molar-refractivity contribution in [3.8, 4) is 0 Å². The summed E-state index contributed by atoms with van der Waals surface area (Å²) in [5.41, 5.74) is 4.19. The Kier molecular flexibility index (Phi) is 5.30. The number of para-hydroxylation sites is 1. The van der Waals surface area contributed by atoms with Crippen LogP contribution in [0.4, 0.5) is 0 Å². The van der Waals surface area contributed by atoms with Crippen LogP contribution in [-0.2, 0) is 27.2 Å². The number of fused-ring (bicyclic) bond motifs is 3. The number of aromatic amines is 1. The number of ether oxygens (including phenoxy) is 1. The number of amides is 2. The van der Waals surface area contributed by atoms with Crippen LogP contribution in [0.2, 0.25) is 0 Å². The third kappa shape index (κ3) is 3.61. The number of rotatable bonds is 2. The Bertz CT molecular complexity index is 956. The van der Waals surface area contributed by atoms with Crippen molar-refractivity contribution in [2.24, 2.45) is 5.92 Å². The highest BCUT2D eigenvalue weighted by Crippen LogP contribution is 2.33. The molecule has 1 atom stereocenters. The van der Waals surface area contributed by atoms with Gasteiger partial charge < -0.3 is 19.5 Å². The zero-order valence-corrected chi connectivity index (χ0v) is 17.0. The molecular weight excluding hydrogens is 370 g/mol. The molecule has 2 amide bonds. The molecule has 1 unspecified atom stereocenters. The molecule has 1 N–H and O–H groups in total. The van der Waals surface area contributed by atoms with E-state index in [1.54, 1.807) is 11.8 Å². The Balaban J connectivity index is 1.50.